The zero-order chi connectivity index (χ0) is 25.6. The maximum Gasteiger partial charge on any atom is 0.249 e. The van der Waals surface area contributed by atoms with Crippen molar-refractivity contribution in [2.24, 2.45) is 11.8 Å². The van der Waals surface area contributed by atoms with Gasteiger partial charge in [-0.3, -0.25) is 14.4 Å². The van der Waals surface area contributed by atoms with E-state index in [1.54, 1.807) is 16.8 Å². The maximum absolute atomic E-state index is 14.2. The summed E-state index contributed by atoms with van der Waals surface area (Å²) >= 11 is 0. The van der Waals surface area contributed by atoms with Crippen LogP contribution < -0.4 is 0 Å². The van der Waals surface area contributed by atoms with E-state index in [0.29, 0.717) is 26.1 Å². The fraction of sp³-hybridized carbons (Fsp3) is 0.741. The van der Waals surface area contributed by atoms with Gasteiger partial charge in [0.1, 0.15) is 11.6 Å². The molecule has 3 amide bonds. The second-order valence-corrected chi connectivity index (χ2v) is 11.4. The van der Waals surface area contributed by atoms with E-state index in [4.69, 9.17) is 9.84 Å². The number of fused-ring (bicyclic) bond motifs is 2. The molecule has 0 saturated carbocycles. The third-order valence-electron chi connectivity index (χ3n) is 8.26. The molecule has 4 aliphatic heterocycles. The van der Waals surface area contributed by atoms with Gasteiger partial charge in [0, 0.05) is 38.8 Å². The third kappa shape index (κ3) is 4.02. The standard InChI is InChI=1S/C27H41N3O5/c1-6-26-13-11-15-28(5)22(32)19(26)20-23(33)29(16-9-7-8-10-18-31)21-24(34)30(25(2,3)4)17-12-14-27(20,21)35-26/h11-14,19-21,31H,6-10,15-18H2,1-5H3/t19-,20+,21?,26+,27+/m1/s1. The zero-order valence-electron chi connectivity index (χ0n) is 21.8. The number of likely N-dealkylation sites (tertiary alicyclic amines) is 1. The van der Waals surface area contributed by atoms with Crippen molar-refractivity contribution in [3.8, 4) is 0 Å². The summed E-state index contributed by atoms with van der Waals surface area (Å²) in [5, 5.41) is 9.10. The summed E-state index contributed by atoms with van der Waals surface area (Å²) in [4.78, 5) is 47.2. The minimum atomic E-state index is -1.18. The van der Waals surface area contributed by atoms with Gasteiger partial charge in [-0.2, -0.15) is 0 Å². The van der Waals surface area contributed by atoms with Crippen LogP contribution in [0.3, 0.4) is 0 Å². The number of hydrogen-bond acceptors (Lipinski definition) is 5. The van der Waals surface area contributed by atoms with Crippen LogP contribution in [0.25, 0.3) is 0 Å². The molecule has 4 aliphatic rings. The van der Waals surface area contributed by atoms with Crippen molar-refractivity contribution in [3.05, 3.63) is 24.3 Å². The van der Waals surface area contributed by atoms with Gasteiger partial charge in [0.05, 0.1) is 17.4 Å². The minimum Gasteiger partial charge on any atom is -0.396 e. The Morgan fingerprint density at radius 3 is 2.31 bits per heavy atom. The molecule has 0 aromatic rings. The summed E-state index contributed by atoms with van der Waals surface area (Å²) in [5.74, 6) is -1.81. The van der Waals surface area contributed by atoms with Crippen LogP contribution in [0.4, 0.5) is 0 Å². The second kappa shape index (κ2) is 9.36. The summed E-state index contributed by atoms with van der Waals surface area (Å²) in [6, 6.07) is -0.808. The maximum atomic E-state index is 14.2. The minimum absolute atomic E-state index is 0.103. The van der Waals surface area contributed by atoms with Crippen LogP contribution in [-0.2, 0) is 19.1 Å². The number of rotatable bonds is 7. The quantitative estimate of drug-likeness (QED) is 0.439. The number of ether oxygens (including phenoxy) is 1. The number of nitrogens with zero attached hydrogens (tertiary/aromatic N) is 3. The first-order valence-electron chi connectivity index (χ1n) is 13.1. The molecule has 5 atom stereocenters. The molecule has 4 heterocycles. The molecule has 2 fully saturated rings. The summed E-state index contributed by atoms with van der Waals surface area (Å²) in [6.07, 6.45) is 11.5. The average Bonchev–Trinajstić information content (AvgIpc) is 3.08. The molecule has 1 N–H and O–H groups in total. The Balaban J connectivity index is 1.80. The van der Waals surface area contributed by atoms with Gasteiger partial charge in [-0.15, -0.1) is 0 Å². The lowest BCUT2D eigenvalue weighted by Crippen LogP contribution is -2.59. The molecule has 8 nitrogen and oxygen atoms in total. The van der Waals surface area contributed by atoms with Crippen LogP contribution in [0, 0.1) is 11.8 Å². The number of aliphatic hydroxyl groups is 1. The SMILES string of the molecule is CC[C@]12C=CCN(C)C(=O)[C@H]1[C@H]1C(=O)N(CCCCCCO)C3C(=O)N(C(C)(C)C)CC=C[C@@]31O2. The molecule has 4 rings (SSSR count). The summed E-state index contributed by atoms with van der Waals surface area (Å²) < 4.78 is 6.91. The van der Waals surface area contributed by atoms with E-state index in [1.807, 2.05) is 56.9 Å². The van der Waals surface area contributed by atoms with Gasteiger partial charge >= 0.3 is 0 Å². The van der Waals surface area contributed by atoms with E-state index in [1.165, 1.54) is 0 Å². The number of likely N-dealkylation sites (N-methyl/N-ethyl adjacent to an activating group) is 1. The van der Waals surface area contributed by atoms with Crippen LogP contribution in [-0.4, -0.2) is 93.6 Å². The fourth-order valence-electron chi connectivity index (χ4n) is 6.47. The lowest BCUT2D eigenvalue weighted by molar-refractivity contribution is -0.156. The van der Waals surface area contributed by atoms with E-state index < -0.39 is 34.6 Å². The van der Waals surface area contributed by atoms with Gasteiger partial charge in [-0.05, 0) is 40.0 Å². The highest BCUT2D eigenvalue weighted by Gasteiger charge is 2.75. The molecule has 194 valence electrons. The van der Waals surface area contributed by atoms with Crippen LogP contribution in [0.5, 0.6) is 0 Å². The molecular weight excluding hydrogens is 446 g/mol. The first-order chi connectivity index (χ1) is 16.5. The van der Waals surface area contributed by atoms with E-state index in [0.717, 1.165) is 25.7 Å². The third-order valence-corrected chi connectivity index (χ3v) is 8.26. The number of aliphatic hydroxyl groups excluding tert-OH is 1. The molecule has 1 spiro atoms. The van der Waals surface area contributed by atoms with E-state index in [2.05, 4.69) is 0 Å². The topological polar surface area (TPSA) is 90.4 Å². The van der Waals surface area contributed by atoms with Crippen molar-refractivity contribution in [1.82, 2.24) is 14.7 Å². The van der Waals surface area contributed by atoms with Gasteiger partial charge in [0.2, 0.25) is 17.7 Å². The van der Waals surface area contributed by atoms with E-state index in [-0.39, 0.29) is 24.3 Å². The molecule has 0 aliphatic carbocycles. The Morgan fingerprint density at radius 1 is 0.971 bits per heavy atom. The number of hydrogen-bond donors (Lipinski definition) is 1. The number of carbonyl (C=O) groups is 3. The highest BCUT2D eigenvalue weighted by molar-refractivity contribution is 6.00. The Labute approximate surface area is 208 Å². The lowest BCUT2D eigenvalue weighted by atomic mass is 9.73. The predicted octanol–water partition coefficient (Wildman–Crippen LogP) is 2.13. The average molecular weight is 488 g/mol. The van der Waals surface area contributed by atoms with Gasteiger partial charge in [0.15, 0.2) is 0 Å². The van der Waals surface area contributed by atoms with Gasteiger partial charge < -0.3 is 24.5 Å². The Hall–Kier alpha value is -2.19. The van der Waals surface area contributed by atoms with Crippen molar-refractivity contribution < 1.29 is 24.2 Å². The first-order valence-corrected chi connectivity index (χ1v) is 13.1. The van der Waals surface area contributed by atoms with Crippen LogP contribution >= 0.6 is 0 Å². The van der Waals surface area contributed by atoms with Crippen LogP contribution in [0.15, 0.2) is 24.3 Å². The molecule has 0 aromatic carbocycles. The molecule has 0 aromatic heterocycles. The highest BCUT2D eigenvalue weighted by atomic mass is 16.5. The smallest absolute Gasteiger partial charge is 0.249 e. The summed E-state index contributed by atoms with van der Waals surface area (Å²) in [5.41, 5.74) is -2.53. The molecule has 35 heavy (non-hydrogen) atoms. The monoisotopic (exact) mass is 487 g/mol. The van der Waals surface area contributed by atoms with Crippen LogP contribution in [0.1, 0.15) is 59.8 Å². The molecule has 0 bridgehead atoms. The fourth-order valence-corrected chi connectivity index (χ4v) is 6.47. The summed E-state index contributed by atoms with van der Waals surface area (Å²) in [7, 11) is 1.76. The lowest BCUT2D eigenvalue weighted by Gasteiger charge is -2.41. The molecule has 2 saturated heterocycles. The molecule has 1 unspecified atom stereocenters. The summed E-state index contributed by atoms with van der Waals surface area (Å²) in [6.45, 7) is 9.46. The number of carbonyl (C=O) groups excluding carboxylic acids is 3. The largest absolute Gasteiger partial charge is 0.396 e. The Morgan fingerprint density at radius 2 is 1.66 bits per heavy atom. The predicted molar refractivity (Wildman–Crippen MR) is 132 cm³/mol. The normalized spacial score (nSPS) is 34.7. The highest BCUT2D eigenvalue weighted by Crippen LogP contribution is 2.58. The van der Waals surface area contributed by atoms with Crippen LogP contribution in [0.2, 0.25) is 0 Å². The van der Waals surface area contributed by atoms with Crippen molar-refractivity contribution in [2.45, 2.75) is 82.6 Å². The molecular formula is C27H41N3O5. The van der Waals surface area contributed by atoms with Crippen molar-refractivity contribution in [3.63, 3.8) is 0 Å². The zero-order valence-corrected chi connectivity index (χ0v) is 21.8. The Bertz CT molecular complexity index is 924. The van der Waals surface area contributed by atoms with Gasteiger partial charge in [-0.25, -0.2) is 0 Å². The number of unbranched alkanes of at least 4 members (excludes halogenated alkanes) is 3. The van der Waals surface area contributed by atoms with E-state index in [9.17, 15) is 14.4 Å². The van der Waals surface area contributed by atoms with E-state index >= 15 is 0 Å². The molecule has 8 heteroatoms. The van der Waals surface area contributed by atoms with Crippen molar-refractivity contribution in [1.29, 1.82) is 0 Å². The van der Waals surface area contributed by atoms with Crippen molar-refractivity contribution >= 4 is 17.7 Å². The number of amides is 3. The molecule has 0 radical (unpaired) electrons. The van der Waals surface area contributed by atoms with Gasteiger partial charge in [-0.1, -0.05) is 44.1 Å². The van der Waals surface area contributed by atoms with Crippen molar-refractivity contribution in [2.75, 3.05) is 33.3 Å². The first kappa shape index (κ1) is 25.9. The van der Waals surface area contributed by atoms with Gasteiger partial charge in [0.25, 0.3) is 0 Å². The Kier molecular flexibility index (Phi) is 6.92. The second-order valence-electron chi connectivity index (χ2n) is 11.4.